The summed E-state index contributed by atoms with van der Waals surface area (Å²) in [5.41, 5.74) is 1.24. The van der Waals surface area contributed by atoms with Crippen LogP contribution in [0.5, 0.6) is 0 Å². The van der Waals surface area contributed by atoms with Crippen LogP contribution < -0.4 is 20.7 Å². The molecule has 0 aliphatic heterocycles. The van der Waals surface area contributed by atoms with Crippen LogP contribution in [0.15, 0.2) is 67.0 Å². The number of carbonyl (C=O) groups excluding carboxylic acids is 1. The van der Waals surface area contributed by atoms with E-state index < -0.39 is 19.1 Å². The van der Waals surface area contributed by atoms with E-state index in [4.69, 9.17) is 16.1 Å². The maximum Gasteiger partial charge on any atom is 0.268 e. The Morgan fingerprint density at radius 2 is 1.97 bits per heavy atom. The van der Waals surface area contributed by atoms with Gasteiger partial charge in [-0.15, -0.1) is 0 Å². The van der Waals surface area contributed by atoms with E-state index in [1.165, 1.54) is 37.7 Å². The Morgan fingerprint density at radius 1 is 1.22 bits per heavy atom. The molecule has 0 spiro atoms. The first-order valence-corrected chi connectivity index (χ1v) is 11.5. The Kier molecular flexibility index (Phi) is 6.02. The van der Waals surface area contributed by atoms with Crippen molar-refractivity contribution in [2.75, 3.05) is 7.11 Å². The lowest BCUT2D eigenvalue weighted by atomic mass is 10.2. The Morgan fingerprint density at radius 3 is 2.66 bits per heavy atom. The minimum Gasteiger partial charge on any atom is -0.619 e. The normalized spacial score (nSPS) is 13.1. The molecular formula is C22H18ClFN3O4P. The first kappa shape index (κ1) is 22.0. The van der Waals surface area contributed by atoms with Crippen LogP contribution in [0.1, 0.15) is 16.1 Å². The largest absolute Gasteiger partial charge is 0.619 e. The van der Waals surface area contributed by atoms with E-state index in [-0.39, 0.29) is 22.8 Å². The van der Waals surface area contributed by atoms with Gasteiger partial charge in [-0.3, -0.25) is 9.36 Å². The van der Waals surface area contributed by atoms with Gasteiger partial charge in [-0.25, -0.2) is 4.39 Å². The zero-order valence-corrected chi connectivity index (χ0v) is 18.5. The maximum atomic E-state index is 14.1. The van der Waals surface area contributed by atoms with Crippen molar-refractivity contribution in [3.05, 3.63) is 94.3 Å². The van der Waals surface area contributed by atoms with E-state index in [1.54, 1.807) is 30.3 Å². The van der Waals surface area contributed by atoms with E-state index in [2.05, 4.69) is 10.3 Å². The van der Waals surface area contributed by atoms with Crippen LogP contribution in [-0.2, 0) is 15.6 Å². The molecule has 0 saturated heterocycles. The molecule has 0 aliphatic rings. The zero-order chi connectivity index (χ0) is 22.9. The van der Waals surface area contributed by atoms with Gasteiger partial charge in [-0.1, -0.05) is 17.7 Å². The van der Waals surface area contributed by atoms with Crippen LogP contribution in [0.2, 0.25) is 5.02 Å². The average Bonchev–Trinajstić information content (AvgIpc) is 3.17. The molecule has 0 saturated carbocycles. The summed E-state index contributed by atoms with van der Waals surface area (Å²) >= 11 is 6.17. The van der Waals surface area contributed by atoms with E-state index >= 15 is 0 Å². The quantitative estimate of drug-likeness (QED) is 0.255. The summed E-state index contributed by atoms with van der Waals surface area (Å²) < 4.78 is 34.1. The lowest BCUT2D eigenvalue weighted by Gasteiger charge is -2.18. The number of nitrogens with one attached hydrogen (secondary N) is 2. The van der Waals surface area contributed by atoms with Crippen LogP contribution in [0, 0.1) is 11.0 Å². The second kappa shape index (κ2) is 8.74. The lowest BCUT2D eigenvalue weighted by molar-refractivity contribution is -0.605. The van der Waals surface area contributed by atoms with Gasteiger partial charge in [0.05, 0.1) is 5.30 Å². The van der Waals surface area contributed by atoms with Crippen molar-refractivity contribution in [3.8, 4) is 0 Å². The van der Waals surface area contributed by atoms with Crippen molar-refractivity contribution < 1.29 is 23.0 Å². The van der Waals surface area contributed by atoms with Crippen LogP contribution in [0.4, 0.5) is 4.39 Å². The number of benzene rings is 2. The predicted octanol–water partition coefficient (Wildman–Crippen LogP) is 3.40. The highest BCUT2D eigenvalue weighted by Crippen LogP contribution is 2.47. The molecule has 1 amide bonds. The molecule has 0 bridgehead atoms. The van der Waals surface area contributed by atoms with Gasteiger partial charge in [0.1, 0.15) is 11.5 Å². The molecule has 1 unspecified atom stereocenters. The van der Waals surface area contributed by atoms with E-state index in [0.717, 1.165) is 6.07 Å². The number of fused-ring (bicyclic) bond motifs is 1. The standard InChI is InChI=1S/C22H18ClFN3O4P/c1-31-32(30,17-4-2-3-16(24)12-17)21-18-11-15(23)5-6-19(18)26-20(21)22(28)25-13-14-7-9-27(29)10-8-14/h2-12,26H,13H2,1H3,(H,25,28). The molecule has 2 aromatic carbocycles. The van der Waals surface area contributed by atoms with Gasteiger partial charge in [-0.2, -0.15) is 4.73 Å². The second-order valence-electron chi connectivity index (χ2n) is 7.00. The molecule has 0 radical (unpaired) electrons. The highest BCUT2D eigenvalue weighted by Gasteiger charge is 2.36. The maximum absolute atomic E-state index is 14.1. The summed E-state index contributed by atoms with van der Waals surface area (Å²) in [4.78, 5) is 16.1. The highest BCUT2D eigenvalue weighted by atomic mass is 35.5. The van der Waals surface area contributed by atoms with Crippen molar-refractivity contribution in [2.45, 2.75) is 6.54 Å². The van der Waals surface area contributed by atoms with Gasteiger partial charge in [0, 0.05) is 47.0 Å². The average molecular weight is 474 g/mol. The third-order valence-electron chi connectivity index (χ3n) is 4.98. The van der Waals surface area contributed by atoms with Crippen LogP contribution in [0.25, 0.3) is 10.9 Å². The Hall–Kier alpha value is -3.19. The SMILES string of the molecule is COP(=O)(c1cccc(F)c1)c1c(C(=O)NCc2cc[n+]([O-])cc2)[nH]c2ccc(Cl)cc12. The summed E-state index contributed by atoms with van der Waals surface area (Å²) in [7, 11) is -2.63. The van der Waals surface area contributed by atoms with E-state index in [0.29, 0.717) is 26.2 Å². The predicted molar refractivity (Wildman–Crippen MR) is 120 cm³/mol. The van der Waals surface area contributed by atoms with Crippen molar-refractivity contribution in [1.82, 2.24) is 10.3 Å². The molecule has 0 aliphatic carbocycles. The summed E-state index contributed by atoms with van der Waals surface area (Å²) in [5, 5.41) is 15.0. The van der Waals surface area contributed by atoms with Gasteiger partial charge in [0.2, 0.25) is 0 Å². The van der Waals surface area contributed by atoms with E-state index in [9.17, 15) is 19.0 Å². The van der Waals surface area contributed by atoms with Crippen LogP contribution >= 0.6 is 19.0 Å². The molecule has 2 heterocycles. The summed E-state index contributed by atoms with van der Waals surface area (Å²) in [5.74, 6) is -1.12. The number of hydrogen-bond acceptors (Lipinski definition) is 4. The Bertz CT molecular complexity index is 1360. The number of carbonyl (C=O) groups is 1. The van der Waals surface area contributed by atoms with Gasteiger partial charge in [0.15, 0.2) is 12.4 Å². The molecule has 4 rings (SSSR count). The molecule has 2 aromatic heterocycles. The fourth-order valence-corrected chi connectivity index (χ4v) is 5.79. The molecule has 0 fully saturated rings. The van der Waals surface area contributed by atoms with Crippen LogP contribution in [-0.4, -0.2) is 18.0 Å². The minimum absolute atomic E-state index is 0.0199. The van der Waals surface area contributed by atoms with Gasteiger partial charge in [0.25, 0.3) is 13.3 Å². The molecule has 1 atom stereocenters. The molecule has 164 valence electrons. The molecule has 10 heteroatoms. The van der Waals surface area contributed by atoms with Crippen molar-refractivity contribution in [2.24, 2.45) is 0 Å². The number of amides is 1. The topological polar surface area (TPSA) is 98.1 Å². The number of nitrogens with zero attached hydrogens (tertiary/aromatic N) is 1. The minimum atomic E-state index is -3.88. The van der Waals surface area contributed by atoms with Gasteiger partial charge in [-0.05, 0) is 42.0 Å². The van der Waals surface area contributed by atoms with Crippen molar-refractivity contribution in [1.29, 1.82) is 0 Å². The zero-order valence-electron chi connectivity index (χ0n) is 16.8. The Balaban J connectivity index is 1.82. The molecule has 2 N–H and O–H groups in total. The fraction of sp³-hybridized carbons (Fsp3) is 0.0909. The monoisotopic (exact) mass is 473 g/mol. The number of halogens is 2. The van der Waals surface area contributed by atoms with Gasteiger partial charge < -0.3 is 20.0 Å². The number of aromatic nitrogens is 2. The number of aromatic amines is 1. The molecule has 32 heavy (non-hydrogen) atoms. The number of H-pyrrole nitrogens is 1. The first-order chi connectivity index (χ1) is 15.3. The highest BCUT2D eigenvalue weighted by molar-refractivity contribution is 7.75. The van der Waals surface area contributed by atoms with Crippen LogP contribution in [0.3, 0.4) is 0 Å². The number of rotatable bonds is 6. The number of hydrogen-bond donors (Lipinski definition) is 2. The third-order valence-corrected chi connectivity index (χ3v) is 7.74. The van der Waals surface area contributed by atoms with Crippen molar-refractivity contribution >= 4 is 46.4 Å². The second-order valence-corrected chi connectivity index (χ2v) is 9.87. The van der Waals surface area contributed by atoms with Gasteiger partial charge >= 0.3 is 0 Å². The summed E-state index contributed by atoms with van der Waals surface area (Å²) in [6.45, 7) is 0.131. The summed E-state index contributed by atoms with van der Waals surface area (Å²) in [6, 6.07) is 13.3. The first-order valence-electron chi connectivity index (χ1n) is 9.51. The fourth-order valence-electron chi connectivity index (χ4n) is 3.44. The third kappa shape index (κ3) is 4.12. The molecule has 7 nitrogen and oxygen atoms in total. The Labute approximate surface area is 187 Å². The van der Waals surface area contributed by atoms with Crippen molar-refractivity contribution in [3.63, 3.8) is 0 Å². The lowest BCUT2D eigenvalue weighted by Crippen LogP contribution is -2.30. The molecular weight excluding hydrogens is 456 g/mol. The smallest absolute Gasteiger partial charge is 0.268 e. The van der Waals surface area contributed by atoms with E-state index in [1.807, 2.05) is 0 Å². The number of pyridine rings is 1. The summed E-state index contributed by atoms with van der Waals surface area (Å²) in [6.07, 6.45) is 2.64. The molecule has 4 aromatic rings.